The molecule has 0 heterocycles. The van der Waals surface area contributed by atoms with Crippen LogP contribution in [0.25, 0.3) is 0 Å². The van der Waals surface area contributed by atoms with Crippen LogP contribution in [0.2, 0.25) is 0 Å². The molecular weight excluding hydrogens is 544 g/mol. The third-order valence-corrected chi connectivity index (χ3v) is 8.04. The molecule has 0 aromatic carbocycles. The van der Waals surface area contributed by atoms with E-state index in [4.69, 9.17) is 4.74 Å². The van der Waals surface area contributed by atoms with Crippen LogP contribution in [-0.2, 0) is 14.3 Å². The van der Waals surface area contributed by atoms with Crippen molar-refractivity contribution in [1.82, 2.24) is 0 Å². The summed E-state index contributed by atoms with van der Waals surface area (Å²) in [6.45, 7) is 4.50. The van der Waals surface area contributed by atoms with Gasteiger partial charge in [-0.1, -0.05) is 159 Å². The zero-order valence-electron chi connectivity index (χ0n) is 29.0. The number of carboxylic acids is 1. The largest absolute Gasteiger partial charge is 0.481 e. The Bertz CT molecular complexity index is 748. The number of carboxylic acid groups (broad SMARTS) is 1. The molecule has 1 N–H and O–H groups in total. The third kappa shape index (κ3) is 34.4. The van der Waals surface area contributed by atoms with Gasteiger partial charge >= 0.3 is 11.9 Å². The SMILES string of the molecule is CCCCC/C=C\C/C=C\C/C=C\C/C=C\CCCCCC(=O)OC(CCCCCCCCCCCCCCC)CC(=O)O. The van der Waals surface area contributed by atoms with Crippen LogP contribution in [0.5, 0.6) is 0 Å². The average Bonchev–Trinajstić information content (AvgIpc) is 3.00. The lowest BCUT2D eigenvalue weighted by Gasteiger charge is -2.16. The predicted octanol–water partition coefficient (Wildman–Crippen LogP) is 12.8. The minimum Gasteiger partial charge on any atom is -0.481 e. The molecule has 0 fully saturated rings. The van der Waals surface area contributed by atoms with Gasteiger partial charge in [-0.3, -0.25) is 9.59 Å². The zero-order valence-corrected chi connectivity index (χ0v) is 29.0. The van der Waals surface area contributed by atoms with Gasteiger partial charge in [-0.15, -0.1) is 0 Å². The van der Waals surface area contributed by atoms with Crippen LogP contribution in [0.15, 0.2) is 48.6 Å². The molecule has 0 radical (unpaired) electrons. The first-order valence-corrected chi connectivity index (χ1v) is 18.6. The molecule has 0 aromatic heterocycles. The zero-order chi connectivity index (χ0) is 32.2. The monoisotopic (exact) mass is 615 g/mol. The van der Waals surface area contributed by atoms with E-state index in [9.17, 15) is 14.7 Å². The summed E-state index contributed by atoms with van der Waals surface area (Å²) in [5, 5.41) is 9.24. The van der Waals surface area contributed by atoms with E-state index < -0.39 is 12.1 Å². The topological polar surface area (TPSA) is 63.6 Å². The van der Waals surface area contributed by atoms with E-state index in [0.717, 1.165) is 57.8 Å². The fourth-order valence-corrected chi connectivity index (χ4v) is 5.30. The number of rotatable bonds is 33. The minimum atomic E-state index is -0.892. The number of hydrogen-bond acceptors (Lipinski definition) is 3. The van der Waals surface area contributed by atoms with Crippen molar-refractivity contribution in [3.8, 4) is 0 Å². The minimum absolute atomic E-state index is 0.0872. The van der Waals surface area contributed by atoms with E-state index >= 15 is 0 Å². The molecule has 44 heavy (non-hydrogen) atoms. The molecular formula is C40H70O4. The molecule has 0 aliphatic carbocycles. The molecule has 0 spiro atoms. The summed E-state index contributed by atoms with van der Waals surface area (Å²) in [5.41, 5.74) is 0. The molecule has 0 amide bonds. The van der Waals surface area contributed by atoms with Crippen molar-refractivity contribution in [3.05, 3.63) is 48.6 Å². The van der Waals surface area contributed by atoms with Gasteiger partial charge in [0.1, 0.15) is 6.10 Å². The molecule has 0 aliphatic rings. The lowest BCUT2D eigenvalue weighted by molar-refractivity contribution is -0.153. The number of carbonyl (C=O) groups is 2. The molecule has 0 rings (SSSR count). The van der Waals surface area contributed by atoms with Gasteiger partial charge < -0.3 is 9.84 Å². The normalized spacial score (nSPS) is 12.8. The van der Waals surface area contributed by atoms with Crippen molar-refractivity contribution >= 4 is 11.9 Å². The van der Waals surface area contributed by atoms with E-state index in [1.165, 1.54) is 96.3 Å². The number of esters is 1. The van der Waals surface area contributed by atoms with Gasteiger partial charge in [-0.05, 0) is 64.2 Å². The first kappa shape index (κ1) is 41.9. The molecule has 0 saturated heterocycles. The van der Waals surface area contributed by atoms with Crippen molar-refractivity contribution < 1.29 is 19.4 Å². The molecule has 4 heteroatoms. The smallest absolute Gasteiger partial charge is 0.307 e. The van der Waals surface area contributed by atoms with Crippen molar-refractivity contribution in [3.63, 3.8) is 0 Å². The lowest BCUT2D eigenvalue weighted by atomic mass is 10.0. The number of carbonyl (C=O) groups excluding carboxylic acids is 1. The van der Waals surface area contributed by atoms with Gasteiger partial charge in [0, 0.05) is 6.42 Å². The number of hydrogen-bond donors (Lipinski definition) is 1. The van der Waals surface area contributed by atoms with Crippen LogP contribution in [0.4, 0.5) is 0 Å². The van der Waals surface area contributed by atoms with Gasteiger partial charge in [0.25, 0.3) is 0 Å². The van der Waals surface area contributed by atoms with Gasteiger partial charge in [-0.25, -0.2) is 0 Å². The Morgan fingerprint density at radius 3 is 1.39 bits per heavy atom. The number of ether oxygens (including phenoxy) is 1. The summed E-state index contributed by atoms with van der Waals surface area (Å²) in [4.78, 5) is 23.6. The molecule has 4 nitrogen and oxygen atoms in total. The molecule has 0 bridgehead atoms. The summed E-state index contributed by atoms with van der Waals surface area (Å²) < 4.78 is 5.56. The quantitative estimate of drug-likeness (QED) is 0.0454. The van der Waals surface area contributed by atoms with Crippen LogP contribution in [0.1, 0.15) is 187 Å². The van der Waals surface area contributed by atoms with E-state index in [0.29, 0.717) is 12.8 Å². The Labute approximate surface area is 272 Å². The second-order valence-electron chi connectivity index (χ2n) is 12.4. The molecule has 0 aliphatic heterocycles. The second-order valence-corrected chi connectivity index (χ2v) is 12.4. The second kappa shape index (κ2) is 35.4. The highest BCUT2D eigenvalue weighted by Crippen LogP contribution is 2.16. The van der Waals surface area contributed by atoms with E-state index in [-0.39, 0.29) is 12.4 Å². The Hall–Kier alpha value is -2.10. The number of aliphatic carboxylic acids is 1. The molecule has 0 aromatic rings. The summed E-state index contributed by atoms with van der Waals surface area (Å²) in [7, 11) is 0. The fourth-order valence-electron chi connectivity index (χ4n) is 5.30. The van der Waals surface area contributed by atoms with Gasteiger partial charge in [0.2, 0.25) is 0 Å². The highest BCUT2D eigenvalue weighted by molar-refractivity contribution is 5.71. The summed E-state index contributed by atoms with van der Waals surface area (Å²) >= 11 is 0. The highest BCUT2D eigenvalue weighted by atomic mass is 16.5. The molecule has 254 valence electrons. The molecule has 1 unspecified atom stereocenters. The van der Waals surface area contributed by atoms with Gasteiger partial charge in [-0.2, -0.15) is 0 Å². The predicted molar refractivity (Wildman–Crippen MR) is 190 cm³/mol. The Kier molecular flexibility index (Phi) is 33.7. The third-order valence-electron chi connectivity index (χ3n) is 8.04. The average molecular weight is 615 g/mol. The Morgan fingerprint density at radius 2 is 0.909 bits per heavy atom. The van der Waals surface area contributed by atoms with Crippen LogP contribution >= 0.6 is 0 Å². The van der Waals surface area contributed by atoms with Crippen molar-refractivity contribution in [1.29, 1.82) is 0 Å². The summed E-state index contributed by atoms with van der Waals surface area (Å²) in [6.07, 6.45) is 46.9. The first-order valence-electron chi connectivity index (χ1n) is 18.6. The van der Waals surface area contributed by atoms with E-state index in [2.05, 4.69) is 62.5 Å². The van der Waals surface area contributed by atoms with Crippen LogP contribution in [0, 0.1) is 0 Å². The summed E-state index contributed by atoms with van der Waals surface area (Å²) in [6, 6.07) is 0. The fraction of sp³-hybridized carbons (Fsp3) is 0.750. The lowest BCUT2D eigenvalue weighted by Crippen LogP contribution is -2.21. The van der Waals surface area contributed by atoms with Crippen LogP contribution in [-0.4, -0.2) is 23.1 Å². The maximum Gasteiger partial charge on any atom is 0.307 e. The van der Waals surface area contributed by atoms with E-state index in [1.807, 2.05) is 0 Å². The first-order chi connectivity index (χ1) is 21.6. The maximum absolute atomic E-state index is 12.3. The van der Waals surface area contributed by atoms with Crippen LogP contribution < -0.4 is 0 Å². The van der Waals surface area contributed by atoms with Crippen molar-refractivity contribution in [2.45, 2.75) is 193 Å². The van der Waals surface area contributed by atoms with Crippen molar-refractivity contribution in [2.24, 2.45) is 0 Å². The Morgan fingerprint density at radius 1 is 0.523 bits per heavy atom. The molecule has 1 atom stereocenters. The number of allylic oxidation sites excluding steroid dienone is 8. The van der Waals surface area contributed by atoms with Crippen molar-refractivity contribution in [2.75, 3.05) is 0 Å². The molecule has 0 saturated carbocycles. The maximum atomic E-state index is 12.3. The summed E-state index contributed by atoms with van der Waals surface area (Å²) in [5.74, 6) is -1.14. The van der Waals surface area contributed by atoms with Crippen LogP contribution in [0.3, 0.4) is 0 Å². The van der Waals surface area contributed by atoms with Gasteiger partial charge in [0.05, 0.1) is 6.42 Å². The number of unbranched alkanes of at least 4 members (excludes halogenated alkanes) is 18. The Balaban J connectivity index is 3.76. The standard InChI is InChI=1S/C40H70O4/c1-3-5-7-9-11-13-15-17-18-19-20-21-22-24-26-28-30-32-34-36-40(43)44-38(37-39(41)42)35-33-31-29-27-25-23-16-14-12-10-8-6-4-2/h11,13,17-18,20-21,24,26,38H,3-10,12,14-16,19,22-23,25,27-37H2,1-2H3,(H,41,42)/b13-11-,18-17-,21-20-,26-24-. The van der Waals surface area contributed by atoms with E-state index in [1.54, 1.807) is 0 Å². The highest BCUT2D eigenvalue weighted by Gasteiger charge is 2.17. The van der Waals surface area contributed by atoms with Gasteiger partial charge in [0.15, 0.2) is 0 Å².